The van der Waals surface area contributed by atoms with E-state index in [4.69, 9.17) is 4.74 Å². The van der Waals surface area contributed by atoms with Crippen LogP contribution >= 0.6 is 0 Å². The number of carbonyl (C=O) groups excluding carboxylic acids is 2. The minimum Gasteiger partial charge on any atom is -0.379 e. The third kappa shape index (κ3) is 4.46. The summed E-state index contributed by atoms with van der Waals surface area (Å²) >= 11 is 0. The van der Waals surface area contributed by atoms with Crippen LogP contribution in [0.25, 0.3) is 0 Å². The van der Waals surface area contributed by atoms with Gasteiger partial charge in [0.25, 0.3) is 0 Å². The predicted molar refractivity (Wildman–Crippen MR) is 124 cm³/mol. The molecule has 2 heterocycles. The van der Waals surface area contributed by atoms with Gasteiger partial charge >= 0.3 is 0 Å². The summed E-state index contributed by atoms with van der Waals surface area (Å²) < 4.78 is 5.53. The zero-order chi connectivity index (χ0) is 22.3. The highest BCUT2D eigenvalue weighted by Gasteiger charge is 2.56. The van der Waals surface area contributed by atoms with E-state index in [0.29, 0.717) is 24.4 Å². The fraction of sp³-hybridized carbons (Fsp3) is 0.923. The molecule has 0 aromatic rings. The van der Waals surface area contributed by atoms with E-state index >= 15 is 0 Å². The van der Waals surface area contributed by atoms with Crippen molar-refractivity contribution in [3.8, 4) is 0 Å². The van der Waals surface area contributed by atoms with Gasteiger partial charge in [-0.15, -0.1) is 0 Å². The summed E-state index contributed by atoms with van der Waals surface area (Å²) in [6, 6.07) is 0.0800. The molecule has 2 amide bonds. The van der Waals surface area contributed by atoms with Crippen LogP contribution in [0, 0.1) is 29.1 Å². The Kier molecular flexibility index (Phi) is 6.54. The lowest BCUT2D eigenvalue weighted by Gasteiger charge is -2.56. The van der Waals surface area contributed by atoms with Crippen molar-refractivity contribution in [2.45, 2.75) is 83.7 Å². The zero-order valence-corrected chi connectivity index (χ0v) is 20.2. The molecule has 180 valence electrons. The van der Waals surface area contributed by atoms with Crippen LogP contribution in [0.4, 0.5) is 0 Å². The summed E-state index contributed by atoms with van der Waals surface area (Å²) in [5.41, 5.74) is -0.147. The predicted octanol–water partition coefficient (Wildman–Crippen LogP) is 3.06. The third-order valence-corrected chi connectivity index (χ3v) is 9.13. The Morgan fingerprint density at radius 2 is 1.62 bits per heavy atom. The molecule has 4 aliphatic carbocycles. The lowest BCUT2D eigenvalue weighted by atomic mass is 9.49. The molecule has 0 spiro atoms. The van der Waals surface area contributed by atoms with E-state index in [0.717, 1.165) is 89.1 Å². The number of nitrogens with zero attached hydrogens (tertiary/aromatic N) is 2. The summed E-state index contributed by atoms with van der Waals surface area (Å²) in [6.07, 6.45) is 10.1. The fourth-order valence-electron chi connectivity index (χ4n) is 8.14. The van der Waals surface area contributed by atoms with Crippen LogP contribution in [0.15, 0.2) is 0 Å². The van der Waals surface area contributed by atoms with Crippen molar-refractivity contribution >= 4 is 11.8 Å². The minimum absolute atomic E-state index is 0.0718. The molecule has 2 saturated heterocycles. The van der Waals surface area contributed by atoms with Gasteiger partial charge in [0.05, 0.1) is 18.6 Å². The summed E-state index contributed by atoms with van der Waals surface area (Å²) in [5, 5.41) is 3.27. The maximum atomic E-state index is 13.9. The van der Waals surface area contributed by atoms with Crippen LogP contribution in [-0.4, -0.2) is 73.1 Å². The van der Waals surface area contributed by atoms with E-state index in [1.807, 2.05) is 4.90 Å². The van der Waals surface area contributed by atoms with Gasteiger partial charge in [0.1, 0.15) is 6.04 Å². The summed E-state index contributed by atoms with van der Waals surface area (Å²) in [5.74, 6) is 3.24. The molecular weight excluding hydrogens is 402 g/mol. The summed E-state index contributed by atoms with van der Waals surface area (Å²) in [7, 11) is 0. The van der Waals surface area contributed by atoms with Gasteiger partial charge in [-0.05, 0) is 81.5 Å². The number of morpholine rings is 1. The van der Waals surface area contributed by atoms with Gasteiger partial charge in [0.15, 0.2) is 0 Å². The molecule has 0 radical (unpaired) electrons. The molecule has 6 aliphatic rings. The Bertz CT molecular complexity index is 667. The highest BCUT2D eigenvalue weighted by atomic mass is 16.5. The maximum Gasteiger partial charge on any atom is 0.242 e. The molecule has 2 aliphatic heterocycles. The Hall–Kier alpha value is -1.14. The van der Waals surface area contributed by atoms with E-state index in [-0.39, 0.29) is 17.4 Å². The first-order valence-electron chi connectivity index (χ1n) is 13.3. The normalized spacial score (nSPS) is 37.8. The Morgan fingerprint density at radius 3 is 2.22 bits per heavy atom. The van der Waals surface area contributed by atoms with Crippen molar-refractivity contribution in [2.24, 2.45) is 29.1 Å². The van der Waals surface area contributed by atoms with Gasteiger partial charge in [-0.3, -0.25) is 14.5 Å². The Balaban J connectivity index is 1.22. The van der Waals surface area contributed by atoms with E-state index in [1.165, 1.54) is 19.3 Å². The molecular formula is C26H43N3O3. The SMILES string of the molecule is CC(C)CC(CNC(=O)C1CCCN1C(=O)C12CC3CC(CC(C3)C1)C2)N1CCOCC1. The number of likely N-dealkylation sites (tertiary alicyclic amines) is 1. The average Bonchev–Trinajstić information content (AvgIpc) is 3.25. The van der Waals surface area contributed by atoms with Gasteiger partial charge in [-0.1, -0.05) is 13.8 Å². The van der Waals surface area contributed by atoms with Gasteiger partial charge in [-0.2, -0.15) is 0 Å². The monoisotopic (exact) mass is 445 g/mol. The number of carbonyl (C=O) groups is 2. The number of amides is 2. The smallest absolute Gasteiger partial charge is 0.242 e. The van der Waals surface area contributed by atoms with E-state index in [2.05, 4.69) is 24.1 Å². The third-order valence-electron chi connectivity index (χ3n) is 9.13. The molecule has 4 bridgehead atoms. The van der Waals surface area contributed by atoms with Crippen LogP contribution in [0.1, 0.15) is 71.6 Å². The molecule has 6 heteroatoms. The topological polar surface area (TPSA) is 61.9 Å². The van der Waals surface area contributed by atoms with Gasteiger partial charge in [0, 0.05) is 32.2 Å². The van der Waals surface area contributed by atoms with Crippen LogP contribution < -0.4 is 5.32 Å². The second-order valence-electron chi connectivity index (χ2n) is 12.0. The molecule has 4 saturated carbocycles. The number of ether oxygens (including phenoxy) is 1. The first-order chi connectivity index (χ1) is 15.4. The van der Waals surface area contributed by atoms with E-state index < -0.39 is 0 Å². The molecule has 0 aromatic carbocycles. The number of rotatable bonds is 7. The van der Waals surface area contributed by atoms with Crippen molar-refractivity contribution in [1.82, 2.24) is 15.1 Å². The molecule has 1 N–H and O–H groups in total. The van der Waals surface area contributed by atoms with Crippen LogP contribution in [0.5, 0.6) is 0 Å². The average molecular weight is 446 g/mol. The number of hydrogen-bond donors (Lipinski definition) is 1. The van der Waals surface area contributed by atoms with Crippen LogP contribution in [0.3, 0.4) is 0 Å². The Morgan fingerprint density at radius 1 is 1.00 bits per heavy atom. The zero-order valence-electron chi connectivity index (χ0n) is 20.2. The highest BCUT2D eigenvalue weighted by Crippen LogP contribution is 2.60. The molecule has 32 heavy (non-hydrogen) atoms. The van der Waals surface area contributed by atoms with Crippen molar-refractivity contribution < 1.29 is 14.3 Å². The van der Waals surface area contributed by atoms with Crippen LogP contribution in [-0.2, 0) is 14.3 Å². The number of hydrogen-bond acceptors (Lipinski definition) is 4. The van der Waals surface area contributed by atoms with Gasteiger partial charge in [0.2, 0.25) is 11.8 Å². The largest absolute Gasteiger partial charge is 0.379 e. The molecule has 6 fully saturated rings. The molecule has 2 atom stereocenters. The lowest BCUT2D eigenvalue weighted by Crippen LogP contribution is -2.58. The first kappa shape index (κ1) is 22.6. The van der Waals surface area contributed by atoms with E-state index in [9.17, 15) is 9.59 Å². The fourth-order valence-corrected chi connectivity index (χ4v) is 8.14. The molecule has 0 aromatic heterocycles. The van der Waals surface area contributed by atoms with E-state index in [1.54, 1.807) is 0 Å². The quantitative estimate of drug-likeness (QED) is 0.654. The molecule has 6 nitrogen and oxygen atoms in total. The lowest BCUT2D eigenvalue weighted by molar-refractivity contribution is -0.160. The summed E-state index contributed by atoms with van der Waals surface area (Å²) in [6.45, 7) is 9.36. The van der Waals surface area contributed by atoms with Crippen molar-refractivity contribution in [3.63, 3.8) is 0 Å². The number of nitrogens with one attached hydrogen (secondary N) is 1. The highest BCUT2D eigenvalue weighted by molar-refractivity contribution is 5.91. The summed E-state index contributed by atoms with van der Waals surface area (Å²) in [4.78, 5) is 31.6. The minimum atomic E-state index is -0.264. The standard InChI is InChI=1S/C26H43N3O3/c1-18(2)10-22(28-6-8-32-9-7-28)17-27-24(30)23-4-3-5-29(23)25(31)26-14-19-11-20(15-26)13-21(12-19)16-26/h18-23H,3-17H2,1-2H3,(H,27,30). The second kappa shape index (κ2) is 9.25. The van der Waals surface area contributed by atoms with Crippen molar-refractivity contribution in [1.29, 1.82) is 0 Å². The first-order valence-corrected chi connectivity index (χ1v) is 13.3. The van der Waals surface area contributed by atoms with Crippen LogP contribution in [0.2, 0.25) is 0 Å². The van der Waals surface area contributed by atoms with Gasteiger partial charge < -0.3 is 15.0 Å². The molecule has 2 unspecified atom stereocenters. The second-order valence-corrected chi connectivity index (χ2v) is 12.0. The maximum absolute atomic E-state index is 13.9. The van der Waals surface area contributed by atoms with Gasteiger partial charge in [-0.25, -0.2) is 0 Å². The van der Waals surface area contributed by atoms with Crippen molar-refractivity contribution in [2.75, 3.05) is 39.4 Å². The Labute approximate surface area is 193 Å². The molecule has 6 rings (SSSR count). The van der Waals surface area contributed by atoms with Crippen molar-refractivity contribution in [3.05, 3.63) is 0 Å².